The van der Waals surface area contributed by atoms with Crippen molar-refractivity contribution in [1.82, 2.24) is 0 Å². The molecule has 0 atom stereocenters. The topological polar surface area (TPSA) is 151 Å². The molecule has 0 heterocycles. The van der Waals surface area contributed by atoms with Crippen molar-refractivity contribution in [2.45, 2.75) is 0 Å². The predicted molar refractivity (Wildman–Crippen MR) is 198 cm³/mol. The molecule has 0 amide bonds. The SMILES string of the molecule is COc1cc2c3cc(Br)ccc3c(OS(=O)(=O)[O-])c3ccc4c5ccc6c(OS(=O)(=O)[O-])c7ccc(Br)cc7c7cc(OC)c(c1c4c32)c5c67.[K+].[K+]. The van der Waals surface area contributed by atoms with Crippen LogP contribution in [0.5, 0.6) is 23.0 Å². The molecule has 0 saturated heterocycles. The van der Waals surface area contributed by atoms with Crippen molar-refractivity contribution in [1.29, 1.82) is 0 Å². The number of halogens is 2. The van der Waals surface area contributed by atoms with E-state index >= 15 is 0 Å². The average Bonchev–Trinajstić information content (AvgIpc) is 3.06. The van der Waals surface area contributed by atoms with Crippen LogP contribution in [-0.4, -0.2) is 40.2 Å². The molecule has 0 unspecified atom stereocenters. The fraction of sp³-hybridized carbons (Fsp3) is 0.0556. The Hall–Kier alpha value is -1.17. The van der Waals surface area contributed by atoms with Crippen LogP contribution in [0.4, 0.5) is 0 Å². The summed E-state index contributed by atoms with van der Waals surface area (Å²) in [5.74, 6) is 0.754. The molecule has 10 nitrogen and oxygen atoms in total. The van der Waals surface area contributed by atoms with Crippen molar-refractivity contribution in [3.8, 4) is 23.0 Å². The van der Waals surface area contributed by atoms with Gasteiger partial charge in [0.1, 0.15) is 11.5 Å². The van der Waals surface area contributed by atoms with Gasteiger partial charge in [-0.25, -0.2) is 16.8 Å². The van der Waals surface area contributed by atoms with Crippen molar-refractivity contribution >= 4 is 139 Å². The monoisotopic (exact) mass is 910 g/mol. The third kappa shape index (κ3) is 5.97. The van der Waals surface area contributed by atoms with Gasteiger partial charge in [0.05, 0.1) is 14.2 Å². The summed E-state index contributed by atoms with van der Waals surface area (Å²) in [5.41, 5.74) is 0. The van der Waals surface area contributed by atoms with Crippen LogP contribution >= 0.6 is 31.9 Å². The van der Waals surface area contributed by atoms with Gasteiger partial charge in [0, 0.05) is 62.8 Å². The second-order valence-electron chi connectivity index (χ2n) is 11.8. The Morgan fingerprint density at radius 3 is 1.13 bits per heavy atom. The first-order valence-corrected chi connectivity index (χ1v) is 19.0. The van der Waals surface area contributed by atoms with Gasteiger partial charge in [-0.3, -0.25) is 0 Å². The minimum Gasteiger partial charge on any atom is -0.716 e. The maximum absolute atomic E-state index is 12.1. The van der Waals surface area contributed by atoms with Crippen molar-refractivity contribution in [2.75, 3.05) is 14.2 Å². The normalized spacial score (nSPS) is 12.4. The zero-order valence-electron chi connectivity index (χ0n) is 27.6. The van der Waals surface area contributed by atoms with Gasteiger partial charge >= 0.3 is 103 Å². The summed E-state index contributed by atoms with van der Waals surface area (Å²) >= 11 is 7.05. The maximum Gasteiger partial charge on any atom is 1.00 e. The van der Waals surface area contributed by atoms with Crippen LogP contribution in [0.1, 0.15) is 0 Å². The van der Waals surface area contributed by atoms with Crippen molar-refractivity contribution < 1.29 is 147 Å². The number of ether oxygens (including phenoxy) is 2. The summed E-state index contributed by atoms with van der Waals surface area (Å²) < 4.78 is 96.5. The maximum atomic E-state index is 12.1. The van der Waals surface area contributed by atoms with E-state index in [1.807, 2.05) is 36.4 Å². The number of fused-ring (bicyclic) bond motifs is 6. The van der Waals surface area contributed by atoms with E-state index in [0.29, 0.717) is 76.1 Å². The molecule has 0 fully saturated rings. The fourth-order valence-electron chi connectivity index (χ4n) is 7.70. The molecule has 0 aliphatic carbocycles. The van der Waals surface area contributed by atoms with Crippen LogP contribution in [0.25, 0.3) is 86.2 Å². The Labute approximate surface area is 397 Å². The van der Waals surface area contributed by atoms with E-state index < -0.39 is 20.8 Å². The summed E-state index contributed by atoms with van der Waals surface area (Å²) in [5, 5.41) is 9.71. The van der Waals surface area contributed by atoms with E-state index in [0.717, 1.165) is 30.5 Å². The van der Waals surface area contributed by atoms with Crippen LogP contribution in [-0.2, 0) is 20.8 Å². The van der Waals surface area contributed by atoms with E-state index in [1.54, 1.807) is 50.6 Å². The largest absolute Gasteiger partial charge is 1.00 e. The number of benzene rings is 9. The molecule has 0 radical (unpaired) electrons. The Kier molecular flexibility index (Phi) is 10.4. The van der Waals surface area contributed by atoms with Crippen LogP contribution in [0, 0.1) is 0 Å². The van der Waals surface area contributed by atoms with Crippen LogP contribution in [0.2, 0.25) is 0 Å². The molecule has 9 rings (SSSR count). The first-order chi connectivity index (χ1) is 23.8. The standard InChI is InChI=1S/C36H20Br2O10S2.2K/c1-45-27-13-25-23-11-15(37)3-5-19(23)35(47-49(39,40)41)21-9-7-17-18-8-10-22-30-26(14-28(46-2)34(32(18)30)33(27)31(17)29(21)25)24-12-16(38)4-6-20(24)36(22)48-50(42,43)44;;/h3-14H,1-2H3,(H,39,40,41)(H,42,43,44);;/q;2*+1/p-2. The molecule has 0 N–H and O–H groups in total. The van der Waals surface area contributed by atoms with E-state index in [1.165, 1.54) is 0 Å². The molecular weight excluding hydrogens is 895 g/mol. The van der Waals surface area contributed by atoms with Gasteiger partial charge in [0.15, 0.2) is 11.5 Å². The zero-order chi connectivity index (χ0) is 35.0. The third-order valence-corrected chi connectivity index (χ3v) is 11.1. The van der Waals surface area contributed by atoms with Crippen LogP contribution in [0.3, 0.4) is 0 Å². The minimum absolute atomic E-state index is 0. The molecule has 0 spiro atoms. The quantitative estimate of drug-likeness (QED) is 0.0802. The molecule has 0 bridgehead atoms. The van der Waals surface area contributed by atoms with Gasteiger partial charge in [-0.15, -0.1) is 0 Å². The van der Waals surface area contributed by atoms with Crippen molar-refractivity contribution in [2.24, 2.45) is 0 Å². The fourth-order valence-corrected chi connectivity index (χ4v) is 9.19. The van der Waals surface area contributed by atoms with Crippen molar-refractivity contribution in [3.63, 3.8) is 0 Å². The second kappa shape index (κ2) is 13.8. The number of hydrogen-bond donors (Lipinski definition) is 0. The minimum atomic E-state index is -5.17. The van der Waals surface area contributed by atoms with E-state index in [-0.39, 0.29) is 114 Å². The smallest absolute Gasteiger partial charge is 0.716 e. The first kappa shape index (κ1) is 39.1. The Balaban J connectivity index is 0.00000210. The Bertz CT molecular complexity index is 3000. The molecule has 0 aliphatic rings. The first-order valence-electron chi connectivity index (χ1n) is 14.8. The molecule has 9 aromatic carbocycles. The predicted octanol–water partition coefficient (Wildman–Crippen LogP) is 3.02. The summed E-state index contributed by atoms with van der Waals surface area (Å²) in [6.07, 6.45) is 0. The molecule has 0 aromatic heterocycles. The molecule has 16 heteroatoms. The number of methoxy groups -OCH3 is 2. The van der Waals surface area contributed by atoms with Gasteiger partial charge in [-0.1, -0.05) is 44.0 Å². The number of rotatable bonds is 6. The summed E-state index contributed by atoms with van der Waals surface area (Å²) in [4.78, 5) is 0. The molecule has 0 saturated carbocycles. The summed E-state index contributed by atoms with van der Waals surface area (Å²) in [6.45, 7) is 0. The van der Waals surface area contributed by atoms with E-state index in [9.17, 15) is 25.9 Å². The second-order valence-corrected chi connectivity index (χ2v) is 15.6. The average molecular weight is 913 g/mol. The zero-order valence-corrected chi connectivity index (χ0v) is 38.6. The summed E-state index contributed by atoms with van der Waals surface area (Å²) in [6, 6.07) is 21.3. The van der Waals surface area contributed by atoms with Gasteiger partial charge < -0.3 is 26.9 Å². The van der Waals surface area contributed by atoms with Gasteiger partial charge in [-0.05, 0) is 93.0 Å². The van der Waals surface area contributed by atoms with E-state index in [4.69, 9.17) is 17.8 Å². The molecule has 250 valence electrons. The van der Waals surface area contributed by atoms with Gasteiger partial charge in [0.2, 0.25) is 0 Å². The Morgan fingerprint density at radius 2 is 0.788 bits per heavy atom. The molecule has 0 aliphatic heterocycles. The van der Waals surface area contributed by atoms with Crippen molar-refractivity contribution in [3.05, 3.63) is 81.7 Å². The van der Waals surface area contributed by atoms with Crippen LogP contribution < -0.4 is 121 Å². The van der Waals surface area contributed by atoms with Crippen LogP contribution in [0.15, 0.2) is 81.7 Å². The Morgan fingerprint density at radius 1 is 0.442 bits per heavy atom. The molecular formula is C36H18Br2K2O10S2. The van der Waals surface area contributed by atoms with Gasteiger partial charge in [-0.2, -0.15) is 0 Å². The molecule has 52 heavy (non-hydrogen) atoms. The van der Waals surface area contributed by atoms with E-state index in [2.05, 4.69) is 31.9 Å². The van der Waals surface area contributed by atoms with Gasteiger partial charge in [0.25, 0.3) is 20.8 Å². The third-order valence-electron chi connectivity index (χ3n) is 9.37. The number of hydrogen-bond acceptors (Lipinski definition) is 10. The summed E-state index contributed by atoms with van der Waals surface area (Å²) in [7, 11) is -7.25. The molecule has 9 aromatic rings.